The molecule has 2 rings (SSSR count). The molecule has 0 spiro atoms. The van der Waals surface area contributed by atoms with E-state index in [1.165, 1.54) is 6.08 Å². The van der Waals surface area contributed by atoms with Crippen molar-refractivity contribution in [3.05, 3.63) is 40.4 Å². The fourth-order valence-electron chi connectivity index (χ4n) is 2.04. The normalized spacial score (nSPS) is 20.0. The third kappa shape index (κ3) is 4.67. The molecule has 118 valence electrons. The highest BCUT2D eigenvalue weighted by molar-refractivity contribution is 9.10. The van der Waals surface area contributed by atoms with Gasteiger partial charge in [0.1, 0.15) is 0 Å². The first-order chi connectivity index (χ1) is 10.4. The Bertz CT molecular complexity index is 715. The first kappa shape index (κ1) is 16.7. The predicted molar refractivity (Wildman–Crippen MR) is 86.2 cm³/mol. The van der Waals surface area contributed by atoms with Crippen LogP contribution in [-0.4, -0.2) is 31.7 Å². The summed E-state index contributed by atoms with van der Waals surface area (Å²) in [5, 5.41) is 0. The summed E-state index contributed by atoms with van der Waals surface area (Å²) in [6, 6.07) is 7.37. The Kier molecular flexibility index (Phi) is 5.36. The van der Waals surface area contributed by atoms with Crippen molar-refractivity contribution in [2.75, 3.05) is 11.5 Å². The summed E-state index contributed by atoms with van der Waals surface area (Å²) in [7, 11) is -3.12. The fraction of sp³-hybridized carbons (Fsp3) is 0.286. The van der Waals surface area contributed by atoms with E-state index in [-0.39, 0.29) is 17.9 Å². The molecule has 0 bridgehead atoms. The molecule has 1 aromatic rings. The minimum Gasteiger partial charge on any atom is -0.273 e. The van der Waals surface area contributed by atoms with E-state index in [4.69, 9.17) is 0 Å². The number of hydrogen-bond acceptors (Lipinski definition) is 4. The van der Waals surface area contributed by atoms with Crippen molar-refractivity contribution in [1.82, 2.24) is 10.9 Å². The molecule has 0 aliphatic carbocycles. The molecule has 0 saturated carbocycles. The van der Waals surface area contributed by atoms with Crippen LogP contribution in [0.4, 0.5) is 0 Å². The maximum atomic E-state index is 11.7. The molecule has 1 aromatic carbocycles. The molecule has 1 saturated heterocycles. The van der Waals surface area contributed by atoms with Gasteiger partial charge in [0, 0.05) is 10.5 Å². The highest BCUT2D eigenvalue weighted by atomic mass is 79.9. The second-order valence-electron chi connectivity index (χ2n) is 4.93. The molecule has 22 heavy (non-hydrogen) atoms. The molecule has 1 aliphatic rings. The number of rotatable bonds is 3. The first-order valence-corrected chi connectivity index (χ1v) is 9.22. The van der Waals surface area contributed by atoms with Gasteiger partial charge in [0.25, 0.3) is 5.91 Å². The monoisotopic (exact) mass is 386 g/mol. The van der Waals surface area contributed by atoms with Crippen molar-refractivity contribution < 1.29 is 18.0 Å². The fourth-order valence-corrected chi connectivity index (χ4v) is 4.20. The number of carbonyl (C=O) groups is 2. The highest BCUT2D eigenvalue weighted by Gasteiger charge is 2.32. The van der Waals surface area contributed by atoms with E-state index in [1.807, 2.05) is 24.3 Å². The maximum absolute atomic E-state index is 11.7. The lowest BCUT2D eigenvalue weighted by atomic mass is 10.1. The van der Waals surface area contributed by atoms with Crippen molar-refractivity contribution in [2.24, 2.45) is 5.92 Å². The van der Waals surface area contributed by atoms with Crippen LogP contribution in [0.25, 0.3) is 6.08 Å². The van der Waals surface area contributed by atoms with Crippen molar-refractivity contribution in [3.8, 4) is 0 Å². The van der Waals surface area contributed by atoms with E-state index in [2.05, 4.69) is 26.8 Å². The smallest absolute Gasteiger partial charge is 0.262 e. The van der Waals surface area contributed by atoms with Crippen LogP contribution < -0.4 is 10.9 Å². The van der Waals surface area contributed by atoms with Gasteiger partial charge in [0.2, 0.25) is 5.91 Å². The summed E-state index contributed by atoms with van der Waals surface area (Å²) in [5.74, 6) is -1.73. The Labute approximate surface area is 137 Å². The molecular formula is C14H15BrN2O4S. The molecule has 0 unspecified atom stereocenters. The van der Waals surface area contributed by atoms with Crippen LogP contribution in [0, 0.1) is 5.92 Å². The minimum atomic E-state index is -3.12. The Morgan fingerprint density at radius 1 is 1.23 bits per heavy atom. The van der Waals surface area contributed by atoms with E-state index in [1.54, 1.807) is 6.08 Å². The Hall–Kier alpha value is -1.67. The largest absolute Gasteiger partial charge is 0.273 e. The van der Waals surface area contributed by atoms with Crippen LogP contribution in [0.15, 0.2) is 34.8 Å². The van der Waals surface area contributed by atoms with Crippen molar-refractivity contribution in [2.45, 2.75) is 6.42 Å². The van der Waals surface area contributed by atoms with Crippen LogP contribution in [-0.2, 0) is 19.4 Å². The van der Waals surface area contributed by atoms with Gasteiger partial charge in [-0.25, -0.2) is 8.42 Å². The molecule has 2 N–H and O–H groups in total. The highest BCUT2D eigenvalue weighted by Crippen LogP contribution is 2.18. The second-order valence-corrected chi connectivity index (χ2v) is 8.02. The number of halogens is 1. The number of amides is 2. The van der Waals surface area contributed by atoms with Gasteiger partial charge in [-0.05, 0) is 24.1 Å². The molecule has 0 aromatic heterocycles. The minimum absolute atomic E-state index is 0.0149. The van der Waals surface area contributed by atoms with Gasteiger partial charge in [-0.2, -0.15) is 0 Å². The van der Waals surface area contributed by atoms with Crippen LogP contribution in [0.1, 0.15) is 12.0 Å². The topological polar surface area (TPSA) is 92.3 Å². The van der Waals surface area contributed by atoms with Crippen molar-refractivity contribution in [1.29, 1.82) is 0 Å². The molecule has 6 nitrogen and oxygen atoms in total. The summed E-state index contributed by atoms with van der Waals surface area (Å²) < 4.78 is 23.4. The quantitative estimate of drug-likeness (QED) is 0.599. The van der Waals surface area contributed by atoms with E-state index in [0.717, 1.165) is 10.0 Å². The number of benzene rings is 1. The van der Waals surface area contributed by atoms with E-state index in [9.17, 15) is 18.0 Å². The zero-order valence-corrected chi connectivity index (χ0v) is 14.0. The van der Waals surface area contributed by atoms with Gasteiger partial charge in [0.05, 0.1) is 17.4 Å². The number of nitrogens with one attached hydrogen (secondary N) is 2. The maximum Gasteiger partial charge on any atom is 0.262 e. The van der Waals surface area contributed by atoms with Crippen LogP contribution in [0.2, 0.25) is 0 Å². The van der Waals surface area contributed by atoms with Gasteiger partial charge < -0.3 is 0 Å². The van der Waals surface area contributed by atoms with E-state index >= 15 is 0 Å². The molecule has 1 aliphatic heterocycles. The zero-order chi connectivity index (χ0) is 16.2. The average molecular weight is 387 g/mol. The van der Waals surface area contributed by atoms with Gasteiger partial charge in [-0.3, -0.25) is 20.4 Å². The number of carbonyl (C=O) groups excluding carboxylic acids is 2. The summed E-state index contributed by atoms with van der Waals surface area (Å²) in [5.41, 5.74) is 5.31. The van der Waals surface area contributed by atoms with E-state index < -0.39 is 27.6 Å². The van der Waals surface area contributed by atoms with Gasteiger partial charge in [0.15, 0.2) is 9.84 Å². The van der Waals surface area contributed by atoms with Crippen molar-refractivity contribution in [3.63, 3.8) is 0 Å². The lowest BCUT2D eigenvalue weighted by molar-refractivity contribution is -0.129. The lowest BCUT2D eigenvalue weighted by Gasteiger charge is -2.09. The van der Waals surface area contributed by atoms with Gasteiger partial charge in [-0.15, -0.1) is 0 Å². The molecule has 2 amide bonds. The third-order valence-electron chi connectivity index (χ3n) is 3.23. The number of sulfone groups is 1. The summed E-state index contributed by atoms with van der Waals surface area (Å²) in [4.78, 5) is 23.4. The van der Waals surface area contributed by atoms with Gasteiger partial charge >= 0.3 is 0 Å². The first-order valence-electron chi connectivity index (χ1n) is 6.60. The molecular weight excluding hydrogens is 372 g/mol. The summed E-state index contributed by atoms with van der Waals surface area (Å²) >= 11 is 3.35. The van der Waals surface area contributed by atoms with Crippen LogP contribution >= 0.6 is 15.9 Å². The van der Waals surface area contributed by atoms with Crippen LogP contribution in [0.3, 0.4) is 0 Å². The average Bonchev–Trinajstić information content (AvgIpc) is 2.84. The number of hydrazine groups is 1. The summed E-state index contributed by atoms with van der Waals surface area (Å²) in [6.07, 6.45) is 3.17. The lowest BCUT2D eigenvalue weighted by Crippen LogP contribution is -2.44. The van der Waals surface area contributed by atoms with Crippen molar-refractivity contribution >= 4 is 43.7 Å². The molecule has 8 heteroatoms. The number of hydrogen-bond donors (Lipinski definition) is 2. The Morgan fingerprint density at radius 2 is 1.95 bits per heavy atom. The van der Waals surface area contributed by atoms with Gasteiger partial charge in [-0.1, -0.05) is 34.1 Å². The SMILES string of the molecule is O=C(/C=C/c1ccccc1Br)NNC(=O)[C@H]1CCS(=O)(=O)C1. The Balaban J connectivity index is 1.83. The Morgan fingerprint density at radius 3 is 2.59 bits per heavy atom. The van der Waals surface area contributed by atoms with E-state index in [0.29, 0.717) is 0 Å². The third-order valence-corrected chi connectivity index (χ3v) is 5.72. The zero-order valence-electron chi connectivity index (χ0n) is 11.6. The molecule has 1 heterocycles. The second kappa shape index (κ2) is 7.06. The molecule has 1 fully saturated rings. The molecule has 0 radical (unpaired) electrons. The van der Waals surface area contributed by atoms with Crippen LogP contribution in [0.5, 0.6) is 0 Å². The summed E-state index contributed by atoms with van der Waals surface area (Å²) in [6.45, 7) is 0. The predicted octanol–water partition coefficient (Wildman–Crippen LogP) is 1.04. The molecule has 1 atom stereocenters. The standard InChI is InChI=1S/C14H15BrN2O4S/c15-12-4-2-1-3-10(12)5-6-13(18)16-17-14(19)11-7-8-22(20,21)9-11/h1-6,11H,7-9H2,(H,16,18)(H,17,19)/b6-5+/t11-/m0/s1.